The molecule has 37 heavy (non-hydrogen) atoms. The van der Waals surface area contributed by atoms with Crippen molar-refractivity contribution < 1.29 is 13.9 Å². The number of likely N-dealkylation sites (N-methyl/N-ethyl adjacent to an activating group) is 1. The van der Waals surface area contributed by atoms with Crippen LogP contribution in [0.25, 0.3) is 5.57 Å². The van der Waals surface area contributed by atoms with Gasteiger partial charge in [-0.1, -0.05) is 36.9 Å². The molecular formula is C28H40F2N6O. The SMILES string of the molecule is C=C/C(C)=C(\C=C(C)C)c1nc(NCCN(C)C)nc(N(C=C)c2c(F)cccc2F)c1CNC.CO. The van der Waals surface area contributed by atoms with Crippen LogP contribution in [0.5, 0.6) is 0 Å². The van der Waals surface area contributed by atoms with Gasteiger partial charge in [0.1, 0.15) is 23.1 Å². The van der Waals surface area contributed by atoms with E-state index in [2.05, 4.69) is 23.8 Å². The van der Waals surface area contributed by atoms with E-state index in [0.29, 0.717) is 36.1 Å². The molecule has 0 bridgehead atoms. The highest BCUT2D eigenvalue weighted by Gasteiger charge is 2.25. The molecule has 9 heteroatoms. The van der Waals surface area contributed by atoms with Gasteiger partial charge in [-0.05, 0) is 59.6 Å². The standard InChI is InChI=1S/C27H36F2N6.CH4O/c1-9-19(5)20(16-18(3)4)24-21(17-30-6)26(33-27(32-24)31-14-15-34(7)8)35(10-2)25-22(28)12-11-13-23(25)29;1-2/h9-13,16,30H,1-2,14-15,17H2,3-8H3,(H,31,32,33);2H,1H3/b20-19+;. The van der Waals surface area contributed by atoms with E-state index < -0.39 is 11.6 Å². The molecule has 0 saturated heterocycles. The van der Waals surface area contributed by atoms with Gasteiger partial charge in [-0.3, -0.25) is 4.90 Å². The molecule has 0 aliphatic carbocycles. The van der Waals surface area contributed by atoms with Gasteiger partial charge in [0.15, 0.2) is 0 Å². The lowest BCUT2D eigenvalue weighted by Gasteiger charge is -2.26. The number of benzene rings is 1. The topological polar surface area (TPSA) is 76.6 Å². The number of nitrogens with zero attached hydrogens (tertiary/aromatic N) is 4. The molecule has 2 aromatic rings. The molecule has 0 atom stereocenters. The van der Waals surface area contributed by atoms with Crippen molar-refractivity contribution in [3.63, 3.8) is 0 Å². The van der Waals surface area contributed by atoms with Crippen LogP contribution in [0.1, 0.15) is 32.0 Å². The normalized spacial score (nSPS) is 11.2. The first-order chi connectivity index (χ1) is 17.6. The van der Waals surface area contributed by atoms with Gasteiger partial charge in [-0.25, -0.2) is 13.8 Å². The van der Waals surface area contributed by atoms with Crippen molar-refractivity contribution in [3.8, 4) is 0 Å². The fourth-order valence-electron chi connectivity index (χ4n) is 3.47. The minimum absolute atomic E-state index is 0.253. The second-order valence-electron chi connectivity index (χ2n) is 8.60. The minimum Gasteiger partial charge on any atom is -0.400 e. The molecule has 0 saturated carbocycles. The fraction of sp³-hybridized carbons (Fsp3) is 0.357. The van der Waals surface area contributed by atoms with Crippen LogP contribution in [-0.2, 0) is 6.54 Å². The second-order valence-corrected chi connectivity index (χ2v) is 8.60. The number of para-hydroxylation sites is 1. The number of aromatic nitrogens is 2. The Labute approximate surface area is 219 Å². The maximum Gasteiger partial charge on any atom is 0.225 e. The summed E-state index contributed by atoms with van der Waals surface area (Å²) < 4.78 is 29.7. The second kappa shape index (κ2) is 15.7. The van der Waals surface area contributed by atoms with Crippen molar-refractivity contribution in [1.82, 2.24) is 20.2 Å². The Bertz CT molecular complexity index is 1100. The summed E-state index contributed by atoms with van der Waals surface area (Å²) in [6.45, 7) is 15.4. The fourth-order valence-corrected chi connectivity index (χ4v) is 3.47. The molecule has 202 valence electrons. The Morgan fingerprint density at radius 2 is 1.70 bits per heavy atom. The molecule has 0 aliphatic heterocycles. The van der Waals surface area contributed by atoms with Gasteiger partial charge in [-0.2, -0.15) is 4.98 Å². The molecule has 7 nitrogen and oxygen atoms in total. The zero-order chi connectivity index (χ0) is 28.1. The lowest BCUT2D eigenvalue weighted by molar-refractivity contribution is 0.399. The Kier molecular flexibility index (Phi) is 13.4. The predicted molar refractivity (Wildman–Crippen MR) is 151 cm³/mol. The van der Waals surface area contributed by atoms with Crippen molar-refractivity contribution in [3.05, 3.63) is 83.7 Å². The average Bonchev–Trinajstić information content (AvgIpc) is 2.86. The molecule has 1 aromatic heterocycles. The van der Waals surface area contributed by atoms with Crippen molar-refractivity contribution in [2.45, 2.75) is 27.3 Å². The lowest BCUT2D eigenvalue weighted by atomic mass is 9.98. The minimum atomic E-state index is -0.718. The molecular weight excluding hydrogens is 474 g/mol. The van der Waals surface area contributed by atoms with E-state index in [-0.39, 0.29) is 5.69 Å². The molecule has 3 N–H and O–H groups in total. The van der Waals surface area contributed by atoms with Gasteiger partial charge in [-0.15, -0.1) is 0 Å². The van der Waals surface area contributed by atoms with Gasteiger partial charge in [0, 0.05) is 44.1 Å². The molecule has 1 heterocycles. The third-order valence-corrected chi connectivity index (χ3v) is 5.19. The Morgan fingerprint density at radius 3 is 2.19 bits per heavy atom. The monoisotopic (exact) mass is 514 g/mol. The highest BCUT2D eigenvalue weighted by Crippen LogP contribution is 2.36. The summed E-state index contributed by atoms with van der Waals surface area (Å²) in [5, 5.41) is 13.4. The third kappa shape index (κ3) is 8.59. The van der Waals surface area contributed by atoms with Crippen molar-refractivity contribution >= 4 is 23.0 Å². The van der Waals surface area contributed by atoms with Crippen LogP contribution in [0.3, 0.4) is 0 Å². The highest BCUT2D eigenvalue weighted by molar-refractivity contribution is 5.82. The Hall–Kier alpha value is -3.40. The van der Waals surface area contributed by atoms with Crippen LogP contribution in [0, 0.1) is 11.6 Å². The van der Waals surface area contributed by atoms with Crippen molar-refractivity contribution in [1.29, 1.82) is 0 Å². The zero-order valence-electron chi connectivity index (χ0n) is 23.0. The van der Waals surface area contributed by atoms with Crippen LogP contribution >= 0.6 is 0 Å². The van der Waals surface area contributed by atoms with E-state index in [4.69, 9.17) is 15.1 Å². The molecule has 1 aromatic carbocycles. The van der Waals surface area contributed by atoms with Crippen molar-refractivity contribution in [2.75, 3.05) is 51.6 Å². The number of aliphatic hydroxyl groups is 1. The number of hydrogen-bond acceptors (Lipinski definition) is 7. The largest absolute Gasteiger partial charge is 0.400 e. The maximum absolute atomic E-state index is 14.9. The van der Waals surface area contributed by atoms with Crippen LogP contribution in [0.4, 0.5) is 26.2 Å². The number of rotatable bonds is 12. The zero-order valence-corrected chi connectivity index (χ0v) is 23.0. The van der Waals surface area contributed by atoms with Gasteiger partial charge < -0.3 is 20.6 Å². The van der Waals surface area contributed by atoms with E-state index in [1.54, 1.807) is 13.1 Å². The number of anilines is 3. The van der Waals surface area contributed by atoms with E-state index in [9.17, 15) is 8.78 Å². The summed E-state index contributed by atoms with van der Waals surface area (Å²) >= 11 is 0. The first-order valence-corrected chi connectivity index (χ1v) is 11.9. The lowest BCUT2D eigenvalue weighted by Crippen LogP contribution is -2.24. The van der Waals surface area contributed by atoms with Crippen LogP contribution in [0.15, 0.2) is 60.9 Å². The average molecular weight is 515 g/mol. The summed E-state index contributed by atoms with van der Waals surface area (Å²) in [6.07, 6.45) is 5.15. The van der Waals surface area contributed by atoms with Crippen molar-refractivity contribution in [2.24, 2.45) is 0 Å². The molecule has 0 unspecified atom stereocenters. The predicted octanol–water partition coefficient (Wildman–Crippen LogP) is 5.26. The van der Waals surface area contributed by atoms with E-state index in [1.165, 1.54) is 29.3 Å². The Morgan fingerprint density at radius 1 is 1.08 bits per heavy atom. The summed E-state index contributed by atoms with van der Waals surface area (Å²) in [5.74, 6) is -0.765. The van der Waals surface area contributed by atoms with Gasteiger partial charge >= 0.3 is 0 Å². The molecule has 0 amide bonds. The highest BCUT2D eigenvalue weighted by atomic mass is 19.1. The number of hydrogen-bond donors (Lipinski definition) is 3. The van der Waals surface area contributed by atoms with E-state index in [1.807, 2.05) is 45.8 Å². The molecule has 2 rings (SSSR count). The van der Waals surface area contributed by atoms with E-state index in [0.717, 1.165) is 30.4 Å². The number of aliphatic hydroxyl groups excluding tert-OH is 1. The first-order valence-electron chi connectivity index (χ1n) is 11.9. The summed E-state index contributed by atoms with van der Waals surface area (Å²) in [4.78, 5) is 12.9. The summed E-state index contributed by atoms with van der Waals surface area (Å²) in [5.41, 5.74) is 3.88. The molecule has 0 radical (unpaired) electrons. The summed E-state index contributed by atoms with van der Waals surface area (Å²) in [7, 11) is 6.74. The third-order valence-electron chi connectivity index (χ3n) is 5.19. The van der Waals surface area contributed by atoms with Crippen LogP contribution in [0.2, 0.25) is 0 Å². The Balaban J connectivity index is 0.00000334. The number of nitrogens with one attached hydrogen (secondary N) is 2. The summed E-state index contributed by atoms with van der Waals surface area (Å²) in [6, 6.07) is 3.75. The first kappa shape index (κ1) is 31.6. The molecule has 0 aliphatic rings. The number of allylic oxidation sites excluding steroid dienone is 5. The molecule has 0 fully saturated rings. The van der Waals surface area contributed by atoms with E-state index >= 15 is 0 Å². The van der Waals surface area contributed by atoms with Crippen LogP contribution in [-0.4, -0.2) is 61.3 Å². The maximum atomic E-state index is 14.9. The molecule has 0 spiro atoms. The van der Waals surface area contributed by atoms with Gasteiger partial charge in [0.05, 0.1) is 5.69 Å². The number of halogens is 2. The quantitative estimate of drug-likeness (QED) is 0.334. The van der Waals surface area contributed by atoms with Gasteiger partial charge in [0.2, 0.25) is 5.95 Å². The van der Waals surface area contributed by atoms with Gasteiger partial charge in [0.25, 0.3) is 0 Å². The van der Waals surface area contributed by atoms with Crippen LogP contribution < -0.4 is 15.5 Å². The smallest absolute Gasteiger partial charge is 0.225 e.